The summed E-state index contributed by atoms with van der Waals surface area (Å²) in [5, 5.41) is 3.66. The van der Waals surface area contributed by atoms with Gasteiger partial charge in [0.1, 0.15) is 11.3 Å². The number of hydrogen-bond donors (Lipinski definition) is 1. The molecule has 1 N–H and O–H groups in total. The first-order valence-electron chi connectivity index (χ1n) is 8.31. The molecule has 7 heteroatoms. The van der Waals surface area contributed by atoms with E-state index >= 15 is 0 Å². The summed E-state index contributed by atoms with van der Waals surface area (Å²) in [6.07, 6.45) is 0. The van der Waals surface area contributed by atoms with Crippen LogP contribution < -0.4 is 15.7 Å². The van der Waals surface area contributed by atoms with E-state index in [1.54, 1.807) is 20.1 Å². The molecule has 0 atom stereocenters. The minimum Gasteiger partial charge on any atom is -0.497 e. The van der Waals surface area contributed by atoms with Crippen LogP contribution in [0.2, 0.25) is 0 Å². The van der Waals surface area contributed by atoms with Crippen LogP contribution >= 0.6 is 0 Å². The van der Waals surface area contributed by atoms with Crippen LogP contribution in [0.5, 0.6) is 5.75 Å². The number of nitrogens with zero attached hydrogens (tertiary/aromatic N) is 2. The lowest BCUT2D eigenvalue weighted by atomic mass is 10.1. The number of aromatic nitrogens is 2. The fraction of sp³-hybridized carbons (Fsp3) is 0.316. The molecule has 26 heavy (non-hydrogen) atoms. The van der Waals surface area contributed by atoms with Crippen molar-refractivity contribution >= 4 is 16.9 Å². The molecule has 136 valence electrons. The van der Waals surface area contributed by atoms with Crippen LogP contribution in [0, 0.1) is 20.8 Å². The number of amides is 1. The minimum absolute atomic E-state index is 0.263. The number of nitrogens with one attached hydrogen (secondary N) is 1. The molecule has 0 bridgehead atoms. The Morgan fingerprint density at radius 2 is 2.04 bits per heavy atom. The van der Waals surface area contributed by atoms with E-state index in [-0.39, 0.29) is 17.4 Å². The Balaban J connectivity index is 1.74. The molecule has 3 rings (SSSR count). The maximum Gasteiger partial charge on any atom is 0.348 e. The van der Waals surface area contributed by atoms with Crippen molar-refractivity contribution in [1.82, 2.24) is 14.9 Å². The van der Waals surface area contributed by atoms with Gasteiger partial charge in [-0.3, -0.25) is 9.36 Å². The Labute approximate surface area is 150 Å². The predicted molar refractivity (Wildman–Crippen MR) is 97.8 cm³/mol. The van der Waals surface area contributed by atoms with Crippen molar-refractivity contribution in [2.45, 2.75) is 27.3 Å². The second-order valence-electron chi connectivity index (χ2n) is 6.15. The molecule has 0 fully saturated rings. The molecular formula is C19H21N3O4. The van der Waals surface area contributed by atoms with Gasteiger partial charge in [0.05, 0.1) is 7.11 Å². The largest absolute Gasteiger partial charge is 0.497 e. The Bertz CT molecular complexity index is 1030. The van der Waals surface area contributed by atoms with Gasteiger partial charge in [-0.05, 0) is 39.0 Å². The number of carbonyl (C=O) groups is 1. The molecule has 3 aromatic rings. The summed E-state index contributed by atoms with van der Waals surface area (Å²) in [7, 11) is 1.58. The highest BCUT2D eigenvalue weighted by atomic mass is 16.5. The van der Waals surface area contributed by atoms with E-state index in [0.29, 0.717) is 30.1 Å². The number of fused-ring (bicyclic) bond motifs is 1. The number of benzene rings is 1. The van der Waals surface area contributed by atoms with E-state index in [1.165, 1.54) is 4.57 Å². The Kier molecular flexibility index (Phi) is 4.79. The second kappa shape index (κ2) is 7.03. The summed E-state index contributed by atoms with van der Waals surface area (Å²) >= 11 is 0. The van der Waals surface area contributed by atoms with Crippen LogP contribution in [0.15, 0.2) is 33.5 Å². The first kappa shape index (κ1) is 17.7. The van der Waals surface area contributed by atoms with Gasteiger partial charge in [0.15, 0.2) is 5.76 Å². The lowest BCUT2D eigenvalue weighted by Gasteiger charge is -2.10. The van der Waals surface area contributed by atoms with E-state index in [4.69, 9.17) is 9.15 Å². The summed E-state index contributed by atoms with van der Waals surface area (Å²) in [5.74, 6) is 0.614. The molecule has 0 aliphatic rings. The minimum atomic E-state index is -0.316. The summed E-state index contributed by atoms with van der Waals surface area (Å²) < 4.78 is 12.4. The topological polar surface area (TPSA) is 86.4 Å². The molecule has 2 heterocycles. The smallest absolute Gasteiger partial charge is 0.348 e. The van der Waals surface area contributed by atoms with E-state index in [9.17, 15) is 9.59 Å². The number of aryl methyl sites for hydroxylation is 3. The predicted octanol–water partition coefficient (Wildman–Crippen LogP) is 2.35. The molecule has 0 saturated heterocycles. The third kappa shape index (κ3) is 3.33. The van der Waals surface area contributed by atoms with E-state index in [0.717, 1.165) is 16.6 Å². The van der Waals surface area contributed by atoms with Gasteiger partial charge in [0, 0.05) is 41.5 Å². The van der Waals surface area contributed by atoms with Crippen molar-refractivity contribution in [3.05, 3.63) is 57.5 Å². The van der Waals surface area contributed by atoms with E-state index in [2.05, 4.69) is 10.3 Å². The standard InChI is InChI=1S/C19H21N3O4/c1-11-9-12(2)22(19(24)21-11)8-7-20-18(23)17-13(3)15-6-5-14(25-4)10-16(15)26-17/h5-6,9-10H,7-8H2,1-4H3,(H,20,23). The molecule has 0 aliphatic heterocycles. The molecule has 1 amide bonds. The van der Waals surface area contributed by atoms with Gasteiger partial charge in [-0.15, -0.1) is 0 Å². The van der Waals surface area contributed by atoms with Gasteiger partial charge in [0.25, 0.3) is 5.91 Å². The van der Waals surface area contributed by atoms with Crippen LogP contribution in [0.3, 0.4) is 0 Å². The van der Waals surface area contributed by atoms with Crippen molar-refractivity contribution in [1.29, 1.82) is 0 Å². The van der Waals surface area contributed by atoms with Crippen molar-refractivity contribution in [3.63, 3.8) is 0 Å². The van der Waals surface area contributed by atoms with Crippen LogP contribution in [0.1, 0.15) is 27.5 Å². The maximum absolute atomic E-state index is 12.5. The van der Waals surface area contributed by atoms with Gasteiger partial charge in [-0.1, -0.05) is 0 Å². The second-order valence-corrected chi connectivity index (χ2v) is 6.15. The summed E-state index contributed by atoms with van der Waals surface area (Å²) in [6.45, 7) is 6.10. The van der Waals surface area contributed by atoms with Crippen LogP contribution in [0.25, 0.3) is 11.0 Å². The third-order valence-electron chi connectivity index (χ3n) is 4.32. The normalized spacial score (nSPS) is 10.9. The van der Waals surface area contributed by atoms with E-state index in [1.807, 2.05) is 32.0 Å². The zero-order valence-corrected chi connectivity index (χ0v) is 15.3. The van der Waals surface area contributed by atoms with E-state index < -0.39 is 0 Å². The summed E-state index contributed by atoms with van der Waals surface area (Å²) in [5.41, 5.74) is 2.54. The maximum atomic E-state index is 12.5. The van der Waals surface area contributed by atoms with Gasteiger partial charge >= 0.3 is 5.69 Å². The quantitative estimate of drug-likeness (QED) is 0.759. The molecule has 0 saturated carbocycles. The molecular weight excluding hydrogens is 334 g/mol. The van der Waals surface area contributed by atoms with Crippen LogP contribution in [-0.2, 0) is 6.54 Å². The first-order chi connectivity index (χ1) is 12.4. The average Bonchev–Trinajstić information content (AvgIpc) is 2.93. The lowest BCUT2D eigenvalue weighted by Crippen LogP contribution is -2.33. The van der Waals surface area contributed by atoms with Crippen molar-refractivity contribution in [2.24, 2.45) is 0 Å². The van der Waals surface area contributed by atoms with Crippen LogP contribution in [-0.4, -0.2) is 29.1 Å². The van der Waals surface area contributed by atoms with Gasteiger partial charge in [-0.25, -0.2) is 4.79 Å². The lowest BCUT2D eigenvalue weighted by molar-refractivity contribution is 0.0925. The highest BCUT2D eigenvalue weighted by Gasteiger charge is 2.17. The van der Waals surface area contributed by atoms with Gasteiger partial charge in [-0.2, -0.15) is 4.98 Å². The molecule has 0 spiro atoms. The van der Waals surface area contributed by atoms with Gasteiger partial charge < -0.3 is 14.5 Å². The highest BCUT2D eigenvalue weighted by Crippen LogP contribution is 2.28. The zero-order valence-electron chi connectivity index (χ0n) is 15.3. The number of methoxy groups -OCH3 is 1. The Morgan fingerprint density at radius 3 is 2.73 bits per heavy atom. The Morgan fingerprint density at radius 1 is 1.27 bits per heavy atom. The summed E-state index contributed by atoms with van der Waals surface area (Å²) in [4.78, 5) is 28.3. The fourth-order valence-corrected chi connectivity index (χ4v) is 2.96. The number of carbonyl (C=O) groups excluding carboxylic acids is 1. The molecule has 0 radical (unpaired) electrons. The monoisotopic (exact) mass is 355 g/mol. The molecule has 1 aromatic carbocycles. The Hall–Kier alpha value is -3.09. The SMILES string of the molecule is COc1ccc2c(C)c(C(=O)NCCn3c(C)cc(C)nc3=O)oc2c1. The van der Waals surface area contributed by atoms with Crippen molar-refractivity contribution < 1.29 is 13.9 Å². The number of hydrogen-bond acceptors (Lipinski definition) is 5. The number of rotatable bonds is 5. The zero-order chi connectivity index (χ0) is 18.8. The van der Waals surface area contributed by atoms with Crippen molar-refractivity contribution in [3.8, 4) is 5.75 Å². The highest BCUT2D eigenvalue weighted by molar-refractivity contribution is 5.99. The average molecular weight is 355 g/mol. The molecule has 0 unspecified atom stereocenters. The number of ether oxygens (including phenoxy) is 1. The molecule has 7 nitrogen and oxygen atoms in total. The van der Waals surface area contributed by atoms with Crippen LogP contribution in [0.4, 0.5) is 0 Å². The van der Waals surface area contributed by atoms with Gasteiger partial charge in [0.2, 0.25) is 0 Å². The summed E-state index contributed by atoms with van der Waals surface area (Å²) in [6, 6.07) is 7.27. The number of furan rings is 1. The molecule has 2 aromatic heterocycles. The van der Waals surface area contributed by atoms with Crippen molar-refractivity contribution in [2.75, 3.05) is 13.7 Å². The molecule has 0 aliphatic carbocycles. The third-order valence-corrected chi connectivity index (χ3v) is 4.32. The first-order valence-corrected chi connectivity index (χ1v) is 8.31. The fourth-order valence-electron chi connectivity index (χ4n) is 2.96.